The highest BCUT2D eigenvalue weighted by molar-refractivity contribution is 9.10. The highest BCUT2D eigenvalue weighted by Gasteiger charge is 2.31. The molecule has 0 aliphatic heterocycles. The minimum atomic E-state index is -3.79. The summed E-state index contributed by atoms with van der Waals surface area (Å²) in [5, 5.41) is 11.3. The molecule has 1 aliphatic rings. The van der Waals surface area contributed by atoms with Crippen molar-refractivity contribution in [1.29, 1.82) is 0 Å². The van der Waals surface area contributed by atoms with Crippen molar-refractivity contribution < 1.29 is 22.7 Å². The fraction of sp³-hybridized carbons (Fsp3) is 0.160. The van der Waals surface area contributed by atoms with Gasteiger partial charge in [-0.15, -0.1) is 0 Å². The van der Waals surface area contributed by atoms with Crippen molar-refractivity contribution in [3.8, 4) is 11.3 Å². The van der Waals surface area contributed by atoms with Crippen LogP contribution in [0.3, 0.4) is 0 Å². The summed E-state index contributed by atoms with van der Waals surface area (Å²) < 4.78 is 35.4. The maximum atomic E-state index is 13.0. The van der Waals surface area contributed by atoms with Crippen LogP contribution in [0.2, 0.25) is 10.0 Å². The average molecular weight is 595 g/mol. The minimum Gasteiger partial charge on any atom is -0.478 e. The molecule has 4 aromatic rings. The molecule has 0 radical (unpaired) electrons. The maximum absolute atomic E-state index is 13.0. The summed E-state index contributed by atoms with van der Waals surface area (Å²) in [5.74, 6) is -1.06. The first kappa shape index (κ1) is 24.2. The third-order valence-electron chi connectivity index (χ3n) is 5.80. The summed E-state index contributed by atoms with van der Waals surface area (Å²) in [4.78, 5) is 12.2. The number of halogens is 3. The van der Waals surface area contributed by atoms with E-state index in [0.29, 0.717) is 36.7 Å². The fourth-order valence-corrected chi connectivity index (χ4v) is 5.83. The Morgan fingerprint density at radius 3 is 2.43 bits per heavy atom. The van der Waals surface area contributed by atoms with E-state index in [4.69, 9.17) is 27.6 Å². The van der Waals surface area contributed by atoms with E-state index < -0.39 is 16.0 Å². The molecular formula is C25H18BrCl2NO5S. The van der Waals surface area contributed by atoms with E-state index in [0.717, 1.165) is 18.4 Å². The second kappa shape index (κ2) is 9.17. The lowest BCUT2D eigenvalue weighted by Crippen LogP contribution is -2.16. The van der Waals surface area contributed by atoms with E-state index >= 15 is 0 Å². The second-order valence-electron chi connectivity index (χ2n) is 8.44. The van der Waals surface area contributed by atoms with E-state index in [2.05, 4.69) is 20.7 Å². The van der Waals surface area contributed by atoms with Gasteiger partial charge in [-0.2, -0.15) is 0 Å². The quantitative estimate of drug-likeness (QED) is 0.229. The van der Waals surface area contributed by atoms with Gasteiger partial charge in [-0.3, -0.25) is 4.72 Å². The number of anilines is 1. The number of aromatic carboxylic acids is 1. The average Bonchev–Trinajstić information content (AvgIpc) is 3.56. The highest BCUT2D eigenvalue weighted by atomic mass is 79.9. The van der Waals surface area contributed by atoms with Crippen molar-refractivity contribution in [2.45, 2.75) is 24.5 Å². The van der Waals surface area contributed by atoms with E-state index in [1.807, 2.05) is 0 Å². The van der Waals surface area contributed by atoms with Gasteiger partial charge in [0.1, 0.15) is 16.9 Å². The van der Waals surface area contributed by atoms with Crippen LogP contribution in [-0.4, -0.2) is 19.5 Å². The predicted molar refractivity (Wildman–Crippen MR) is 141 cm³/mol. The number of rotatable bonds is 7. The number of hydrogen-bond donors (Lipinski definition) is 2. The normalized spacial score (nSPS) is 13.8. The van der Waals surface area contributed by atoms with Crippen LogP contribution in [0.1, 0.15) is 40.2 Å². The molecule has 0 saturated heterocycles. The van der Waals surface area contributed by atoms with Crippen molar-refractivity contribution >= 4 is 71.8 Å². The Labute approximate surface area is 220 Å². The summed E-state index contributed by atoms with van der Waals surface area (Å²) in [6.07, 6.45) is 1.79. The van der Waals surface area contributed by atoms with E-state index in [1.165, 1.54) is 0 Å². The molecule has 1 aliphatic carbocycles. The summed E-state index contributed by atoms with van der Waals surface area (Å²) in [7, 11) is -3.79. The van der Waals surface area contributed by atoms with Gasteiger partial charge in [-0.1, -0.05) is 29.3 Å². The Kier molecular flexibility index (Phi) is 6.34. The monoisotopic (exact) mass is 593 g/mol. The van der Waals surface area contributed by atoms with Gasteiger partial charge in [0.15, 0.2) is 0 Å². The molecule has 0 spiro atoms. The zero-order chi connectivity index (χ0) is 24.9. The van der Waals surface area contributed by atoms with Gasteiger partial charge in [0, 0.05) is 26.5 Å². The first-order valence-electron chi connectivity index (χ1n) is 10.7. The number of fused-ring (bicyclic) bond motifs is 1. The van der Waals surface area contributed by atoms with Crippen LogP contribution in [-0.2, 0) is 15.8 Å². The molecule has 0 unspecified atom stereocenters. The van der Waals surface area contributed by atoms with Gasteiger partial charge in [0.05, 0.1) is 16.5 Å². The van der Waals surface area contributed by atoms with Crippen molar-refractivity contribution in [1.82, 2.24) is 0 Å². The lowest BCUT2D eigenvalue weighted by atomic mass is 10.0. The van der Waals surface area contributed by atoms with Crippen molar-refractivity contribution in [3.05, 3.63) is 85.8 Å². The zero-order valence-corrected chi connectivity index (χ0v) is 21.9. The van der Waals surface area contributed by atoms with E-state index in [-0.39, 0.29) is 28.6 Å². The molecule has 3 aromatic carbocycles. The van der Waals surface area contributed by atoms with Crippen molar-refractivity contribution in [2.75, 3.05) is 4.72 Å². The van der Waals surface area contributed by atoms with Crippen LogP contribution >= 0.6 is 39.1 Å². The topological polar surface area (TPSA) is 96.6 Å². The molecule has 10 heteroatoms. The third kappa shape index (κ3) is 5.07. The molecular weight excluding hydrogens is 577 g/mol. The van der Waals surface area contributed by atoms with E-state index in [1.54, 1.807) is 54.6 Å². The fourth-order valence-electron chi connectivity index (χ4n) is 4.05. The minimum absolute atomic E-state index is 0.0307. The Bertz CT molecular complexity index is 1580. The summed E-state index contributed by atoms with van der Waals surface area (Å²) in [6.45, 7) is 0. The predicted octanol–water partition coefficient (Wildman–Crippen LogP) is 7.69. The third-order valence-corrected chi connectivity index (χ3v) is 8.53. The molecule has 0 amide bonds. The van der Waals surface area contributed by atoms with Gasteiger partial charge in [0.2, 0.25) is 10.0 Å². The number of benzene rings is 3. The molecule has 1 saturated carbocycles. The zero-order valence-electron chi connectivity index (χ0n) is 18.0. The van der Waals surface area contributed by atoms with Gasteiger partial charge in [0.25, 0.3) is 0 Å². The Morgan fingerprint density at radius 2 is 1.80 bits per heavy atom. The van der Waals surface area contributed by atoms with E-state index in [9.17, 15) is 18.3 Å². The lowest BCUT2D eigenvalue weighted by molar-refractivity contribution is 0.0699. The molecule has 35 heavy (non-hydrogen) atoms. The summed E-state index contributed by atoms with van der Waals surface area (Å²) in [5.41, 5.74) is 2.54. The number of carbonyl (C=O) groups is 1. The largest absolute Gasteiger partial charge is 0.478 e. The van der Waals surface area contributed by atoms with Crippen LogP contribution in [0.15, 0.2) is 63.5 Å². The SMILES string of the molecule is O=C(O)c1c(-c2ccc(Cl)cc2)oc2cc(NS(=O)(=O)Cc3ccc(Br)c(Cl)c3)c(C3CC3)cc12. The highest BCUT2D eigenvalue weighted by Crippen LogP contribution is 2.47. The molecule has 0 atom stereocenters. The Balaban J connectivity index is 1.58. The van der Waals surface area contributed by atoms with Gasteiger partial charge < -0.3 is 9.52 Å². The lowest BCUT2D eigenvalue weighted by Gasteiger charge is -2.13. The maximum Gasteiger partial charge on any atom is 0.340 e. The molecule has 2 N–H and O–H groups in total. The molecule has 1 heterocycles. The molecule has 180 valence electrons. The first-order chi connectivity index (χ1) is 16.6. The summed E-state index contributed by atoms with van der Waals surface area (Å²) >= 11 is 15.4. The first-order valence-corrected chi connectivity index (χ1v) is 13.9. The second-order valence-corrected chi connectivity index (χ2v) is 11.9. The molecule has 5 rings (SSSR count). The number of carboxylic acids is 1. The number of carboxylic acid groups (broad SMARTS) is 1. The molecule has 1 aromatic heterocycles. The van der Waals surface area contributed by atoms with Crippen LogP contribution < -0.4 is 4.72 Å². The van der Waals surface area contributed by atoms with Gasteiger partial charge in [-0.05, 0) is 88.3 Å². The molecule has 1 fully saturated rings. The number of nitrogens with one attached hydrogen (secondary N) is 1. The number of sulfonamides is 1. The van der Waals surface area contributed by atoms with Crippen molar-refractivity contribution in [3.63, 3.8) is 0 Å². The standard InChI is InChI=1S/C25H18BrCl2NO5S/c26-19-8-1-13(9-20(19)28)12-35(32,33)29-21-11-22-18(10-17(21)14-2-3-14)23(25(30)31)24(34-22)15-4-6-16(27)7-5-15/h1,4-11,14,29H,2-3,12H2,(H,30,31). The molecule has 0 bridgehead atoms. The Morgan fingerprint density at radius 1 is 1.09 bits per heavy atom. The summed E-state index contributed by atoms with van der Waals surface area (Å²) in [6, 6.07) is 14.9. The smallest absolute Gasteiger partial charge is 0.340 e. The van der Waals surface area contributed by atoms with Crippen LogP contribution in [0.5, 0.6) is 0 Å². The Hall–Kier alpha value is -2.52. The number of hydrogen-bond acceptors (Lipinski definition) is 4. The van der Waals surface area contributed by atoms with Crippen LogP contribution in [0.25, 0.3) is 22.3 Å². The number of furan rings is 1. The van der Waals surface area contributed by atoms with Crippen LogP contribution in [0, 0.1) is 0 Å². The van der Waals surface area contributed by atoms with Gasteiger partial charge >= 0.3 is 5.97 Å². The van der Waals surface area contributed by atoms with Crippen molar-refractivity contribution in [2.24, 2.45) is 0 Å². The van der Waals surface area contributed by atoms with Crippen LogP contribution in [0.4, 0.5) is 5.69 Å². The van der Waals surface area contributed by atoms with Gasteiger partial charge in [-0.25, -0.2) is 13.2 Å². The molecule has 6 nitrogen and oxygen atoms in total.